The molecule has 27 heavy (non-hydrogen) atoms. The summed E-state index contributed by atoms with van der Waals surface area (Å²) in [6.07, 6.45) is 8.36. The van der Waals surface area contributed by atoms with Gasteiger partial charge in [0, 0.05) is 32.4 Å². The Labute approximate surface area is 158 Å². The Morgan fingerprint density at radius 2 is 1.93 bits per heavy atom. The average molecular weight is 362 g/mol. The van der Waals surface area contributed by atoms with Gasteiger partial charge in [0.15, 0.2) is 0 Å². The number of hydrogen-bond acceptors (Lipinski definition) is 4. The van der Waals surface area contributed by atoms with Crippen LogP contribution in [0.5, 0.6) is 0 Å². The van der Waals surface area contributed by atoms with Crippen LogP contribution in [0.3, 0.4) is 0 Å². The van der Waals surface area contributed by atoms with Crippen LogP contribution in [0.2, 0.25) is 0 Å². The molecule has 0 radical (unpaired) electrons. The van der Waals surface area contributed by atoms with Crippen molar-refractivity contribution in [2.75, 3.05) is 19.0 Å². The predicted octanol–water partition coefficient (Wildman–Crippen LogP) is 4.63. The molecule has 138 valence electrons. The largest absolute Gasteiger partial charge is 0.372 e. The highest BCUT2D eigenvalue weighted by molar-refractivity contribution is 5.74. The number of benzene rings is 2. The Balaban J connectivity index is 1.68. The first-order valence-electron chi connectivity index (χ1n) is 8.74. The van der Waals surface area contributed by atoms with Crippen LogP contribution in [-0.4, -0.2) is 28.6 Å². The highest BCUT2D eigenvalue weighted by atomic mass is 16.6. The molecule has 0 N–H and O–H groups in total. The summed E-state index contributed by atoms with van der Waals surface area (Å²) in [4.78, 5) is 17.3. The number of aromatic nitrogens is 2. The molecule has 0 saturated carbocycles. The molecule has 0 aliphatic heterocycles. The van der Waals surface area contributed by atoms with Crippen LogP contribution in [0.4, 0.5) is 11.4 Å². The van der Waals surface area contributed by atoms with Crippen molar-refractivity contribution in [1.29, 1.82) is 0 Å². The normalized spacial score (nSPS) is 11.0. The molecule has 0 atom stereocenters. The van der Waals surface area contributed by atoms with E-state index >= 15 is 0 Å². The predicted molar refractivity (Wildman–Crippen MR) is 109 cm³/mol. The molecule has 0 fully saturated rings. The van der Waals surface area contributed by atoms with Crippen LogP contribution in [0, 0.1) is 10.1 Å². The SMILES string of the molecule is CN(C)c1cccc(/C=C\CCn2cnc(-c3ccccc3)c2)c1[N+](=O)[O-]. The van der Waals surface area contributed by atoms with E-state index in [1.807, 2.05) is 65.6 Å². The van der Waals surface area contributed by atoms with Crippen molar-refractivity contribution in [3.8, 4) is 11.3 Å². The summed E-state index contributed by atoms with van der Waals surface area (Å²) < 4.78 is 2.03. The molecule has 6 nitrogen and oxygen atoms in total. The maximum absolute atomic E-state index is 11.5. The molecule has 0 saturated heterocycles. The summed E-state index contributed by atoms with van der Waals surface area (Å²) >= 11 is 0. The van der Waals surface area contributed by atoms with Gasteiger partial charge in [-0.25, -0.2) is 4.98 Å². The fraction of sp³-hybridized carbons (Fsp3) is 0.190. The standard InChI is InChI=1S/C21H22N4O2/c1-23(2)20-13-8-12-18(21(20)25(26)27)11-6-7-14-24-15-19(22-16-24)17-9-4-3-5-10-17/h3-6,8-13,15-16H,7,14H2,1-2H3/b11-6-. The molecule has 3 aromatic rings. The van der Waals surface area contributed by atoms with E-state index in [-0.39, 0.29) is 10.6 Å². The molecule has 1 heterocycles. The van der Waals surface area contributed by atoms with E-state index in [9.17, 15) is 10.1 Å². The molecule has 6 heteroatoms. The topological polar surface area (TPSA) is 64.2 Å². The maximum Gasteiger partial charge on any atom is 0.299 e. The number of aryl methyl sites for hydroxylation is 1. The van der Waals surface area contributed by atoms with Gasteiger partial charge in [-0.1, -0.05) is 48.6 Å². The van der Waals surface area contributed by atoms with E-state index in [1.54, 1.807) is 31.1 Å². The van der Waals surface area contributed by atoms with Gasteiger partial charge >= 0.3 is 0 Å². The summed E-state index contributed by atoms with van der Waals surface area (Å²) in [6, 6.07) is 15.4. The molecule has 0 aliphatic rings. The van der Waals surface area contributed by atoms with Crippen LogP contribution in [0.15, 0.2) is 67.1 Å². The molecule has 0 aliphatic carbocycles. The van der Waals surface area contributed by atoms with Crippen molar-refractivity contribution in [3.05, 3.63) is 82.8 Å². The van der Waals surface area contributed by atoms with Gasteiger partial charge in [0.25, 0.3) is 5.69 Å². The van der Waals surface area contributed by atoms with E-state index in [0.29, 0.717) is 11.3 Å². The minimum atomic E-state index is -0.322. The Bertz CT molecular complexity index is 946. The Morgan fingerprint density at radius 3 is 2.63 bits per heavy atom. The molecule has 0 unspecified atom stereocenters. The van der Waals surface area contributed by atoms with Crippen LogP contribution in [-0.2, 0) is 6.54 Å². The van der Waals surface area contributed by atoms with Gasteiger partial charge in [-0.15, -0.1) is 0 Å². The van der Waals surface area contributed by atoms with E-state index in [1.165, 1.54) is 0 Å². The second-order valence-corrected chi connectivity index (χ2v) is 6.42. The van der Waals surface area contributed by atoms with Gasteiger partial charge < -0.3 is 9.47 Å². The lowest BCUT2D eigenvalue weighted by molar-refractivity contribution is -0.384. The minimum absolute atomic E-state index is 0.132. The highest BCUT2D eigenvalue weighted by Crippen LogP contribution is 2.31. The van der Waals surface area contributed by atoms with E-state index in [4.69, 9.17) is 0 Å². The number of hydrogen-bond donors (Lipinski definition) is 0. The third-order valence-electron chi connectivity index (χ3n) is 4.26. The lowest BCUT2D eigenvalue weighted by Crippen LogP contribution is -2.11. The lowest BCUT2D eigenvalue weighted by Gasteiger charge is -2.13. The summed E-state index contributed by atoms with van der Waals surface area (Å²) in [5.74, 6) is 0. The zero-order chi connectivity index (χ0) is 19.2. The number of imidazole rings is 1. The molecule has 0 bridgehead atoms. The van der Waals surface area contributed by atoms with Crippen molar-refractivity contribution >= 4 is 17.5 Å². The summed E-state index contributed by atoms with van der Waals surface area (Å²) in [7, 11) is 3.61. The number of allylic oxidation sites excluding steroid dienone is 1. The summed E-state index contributed by atoms with van der Waals surface area (Å²) in [5.41, 5.74) is 3.37. The third-order valence-corrected chi connectivity index (χ3v) is 4.26. The first kappa shape index (κ1) is 18.4. The molecular formula is C21H22N4O2. The average Bonchev–Trinajstić information content (AvgIpc) is 3.14. The Morgan fingerprint density at radius 1 is 1.15 bits per heavy atom. The first-order chi connectivity index (χ1) is 13.1. The summed E-state index contributed by atoms with van der Waals surface area (Å²) in [5, 5.41) is 11.5. The van der Waals surface area contributed by atoms with Gasteiger partial charge in [0.05, 0.1) is 22.5 Å². The van der Waals surface area contributed by atoms with Gasteiger partial charge in [-0.3, -0.25) is 10.1 Å². The highest BCUT2D eigenvalue weighted by Gasteiger charge is 2.18. The van der Waals surface area contributed by atoms with E-state index in [0.717, 1.165) is 24.2 Å². The zero-order valence-corrected chi connectivity index (χ0v) is 15.4. The van der Waals surface area contributed by atoms with E-state index in [2.05, 4.69) is 4.98 Å². The number of rotatable bonds is 7. The molecule has 0 amide bonds. The summed E-state index contributed by atoms with van der Waals surface area (Å²) in [6.45, 7) is 0.761. The number of nitrogens with zero attached hydrogens (tertiary/aromatic N) is 4. The van der Waals surface area contributed by atoms with Gasteiger partial charge in [0.1, 0.15) is 5.69 Å². The number of anilines is 1. The Kier molecular flexibility index (Phi) is 5.66. The van der Waals surface area contributed by atoms with Gasteiger partial charge in [-0.05, 0) is 18.6 Å². The number of para-hydroxylation sites is 1. The fourth-order valence-electron chi connectivity index (χ4n) is 2.92. The third kappa shape index (κ3) is 4.41. The van der Waals surface area contributed by atoms with Crippen LogP contribution < -0.4 is 4.90 Å². The number of nitro groups is 1. The molecule has 1 aromatic heterocycles. The second kappa shape index (κ2) is 8.31. The van der Waals surface area contributed by atoms with E-state index < -0.39 is 0 Å². The van der Waals surface area contributed by atoms with Crippen molar-refractivity contribution in [2.24, 2.45) is 0 Å². The fourth-order valence-corrected chi connectivity index (χ4v) is 2.92. The van der Waals surface area contributed by atoms with Crippen molar-refractivity contribution in [2.45, 2.75) is 13.0 Å². The monoisotopic (exact) mass is 362 g/mol. The zero-order valence-electron chi connectivity index (χ0n) is 15.4. The molecule has 2 aromatic carbocycles. The van der Waals surface area contributed by atoms with Crippen LogP contribution in [0.25, 0.3) is 17.3 Å². The maximum atomic E-state index is 11.5. The molecular weight excluding hydrogens is 340 g/mol. The minimum Gasteiger partial charge on any atom is -0.372 e. The second-order valence-electron chi connectivity index (χ2n) is 6.42. The van der Waals surface area contributed by atoms with Gasteiger partial charge in [0.2, 0.25) is 0 Å². The number of nitro benzene ring substituents is 1. The lowest BCUT2D eigenvalue weighted by atomic mass is 10.1. The molecule has 0 spiro atoms. The Hall–Kier alpha value is -3.41. The molecule has 3 rings (SSSR count). The first-order valence-corrected chi connectivity index (χ1v) is 8.74. The van der Waals surface area contributed by atoms with Crippen molar-refractivity contribution in [3.63, 3.8) is 0 Å². The van der Waals surface area contributed by atoms with Gasteiger partial charge in [-0.2, -0.15) is 0 Å². The quantitative estimate of drug-likeness (QED) is 0.454. The van der Waals surface area contributed by atoms with Crippen molar-refractivity contribution < 1.29 is 4.92 Å². The smallest absolute Gasteiger partial charge is 0.299 e. The van der Waals surface area contributed by atoms with Crippen LogP contribution >= 0.6 is 0 Å². The van der Waals surface area contributed by atoms with Crippen LogP contribution in [0.1, 0.15) is 12.0 Å². The van der Waals surface area contributed by atoms with Crippen molar-refractivity contribution in [1.82, 2.24) is 9.55 Å².